The number of H-pyrrole nitrogens is 1. The molecule has 2 aromatic heterocycles. The van der Waals surface area contributed by atoms with Crippen LogP contribution in [0.1, 0.15) is 25.8 Å². The Morgan fingerprint density at radius 1 is 1.23 bits per heavy atom. The predicted molar refractivity (Wildman–Crippen MR) is 106 cm³/mol. The summed E-state index contributed by atoms with van der Waals surface area (Å²) in [7, 11) is 1.65. The zero-order valence-corrected chi connectivity index (χ0v) is 16.4. The van der Waals surface area contributed by atoms with Gasteiger partial charge in [0, 0.05) is 36.4 Å². The van der Waals surface area contributed by atoms with Crippen LogP contribution in [0.4, 0.5) is 0 Å². The monoisotopic (exact) mass is 372 g/mol. The van der Waals surface area contributed by atoms with Gasteiger partial charge in [-0.2, -0.15) is 0 Å². The van der Waals surface area contributed by atoms with Crippen LogP contribution in [0, 0.1) is 5.92 Å². The minimum absolute atomic E-state index is 0.00506. The molecule has 1 N–H and O–H groups in total. The second kappa shape index (κ2) is 8.01. The summed E-state index contributed by atoms with van der Waals surface area (Å²) in [6, 6.07) is 7.06. The molecule has 0 fully saturated rings. The summed E-state index contributed by atoms with van der Waals surface area (Å²) in [6.07, 6.45) is 0.948. The first-order valence-electron chi connectivity index (χ1n) is 8.73. The Morgan fingerprint density at radius 3 is 2.77 bits per heavy atom. The minimum atomic E-state index is -0.0241. The van der Waals surface area contributed by atoms with E-state index in [-0.39, 0.29) is 11.5 Å². The lowest BCUT2D eigenvalue weighted by molar-refractivity contribution is 0.0717. The summed E-state index contributed by atoms with van der Waals surface area (Å²) in [5.41, 5.74) is 2.26. The molecule has 0 amide bonds. The Kier molecular flexibility index (Phi) is 5.74. The first kappa shape index (κ1) is 18.6. The predicted octanol–water partition coefficient (Wildman–Crippen LogP) is 4.26. The Morgan fingerprint density at radius 2 is 2.04 bits per heavy atom. The quantitative estimate of drug-likeness (QED) is 0.673. The van der Waals surface area contributed by atoms with Crippen LogP contribution in [0.3, 0.4) is 0 Å². The number of nitrogens with zero attached hydrogens (tertiary/aromatic N) is 1. The SMILES string of the molecule is COC(C)COc1ccc2c(=O)cc(-c3csc(CC(C)C)n3)[nH]c2c1. The molecule has 0 bridgehead atoms. The molecule has 0 radical (unpaired) electrons. The van der Waals surface area contributed by atoms with E-state index in [1.54, 1.807) is 30.6 Å². The number of hydrogen-bond acceptors (Lipinski definition) is 5. The standard InChI is InChI=1S/C20H24N2O3S/c1-12(2)7-20-22-18(11-26-20)17-9-19(23)15-6-5-14(8-16(15)21-17)25-10-13(3)24-4/h5-6,8-9,11-13H,7,10H2,1-4H3,(H,21,23). The number of aromatic amines is 1. The second-order valence-corrected chi connectivity index (χ2v) is 7.78. The van der Waals surface area contributed by atoms with Crippen LogP contribution in [0.2, 0.25) is 0 Å². The number of thiazole rings is 1. The summed E-state index contributed by atoms with van der Waals surface area (Å²) in [6.45, 7) is 6.74. The third-order valence-corrected chi connectivity index (χ3v) is 4.97. The van der Waals surface area contributed by atoms with Crippen LogP contribution < -0.4 is 10.2 Å². The third-order valence-electron chi connectivity index (χ3n) is 4.10. The van der Waals surface area contributed by atoms with E-state index in [1.807, 2.05) is 24.4 Å². The molecule has 0 aliphatic carbocycles. The van der Waals surface area contributed by atoms with E-state index in [0.717, 1.165) is 28.3 Å². The molecule has 0 aliphatic heterocycles. The Labute approximate surface area is 157 Å². The van der Waals surface area contributed by atoms with Crippen molar-refractivity contribution in [3.8, 4) is 17.1 Å². The number of pyridine rings is 1. The van der Waals surface area contributed by atoms with E-state index >= 15 is 0 Å². The van der Waals surface area contributed by atoms with Crippen molar-refractivity contribution in [2.75, 3.05) is 13.7 Å². The van der Waals surface area contributed by atoms with Crippen molar-refractivity contribution in [2.24, 2.45) is 5.92 Å². The molecule has 1 unspecified atom stereocenters. The fourth-order valence-corrected chi connectivity index (χ4v) is 3.63. The molecule has 0 spiro atoms. The normalized spacial score (nSPS) is 12.7. The van der Waals surface area contributed by atoms with Gasteiger partial charge in [-0.25, -0.2) is 4.98 Å². The maximum atomic E-state index is 12.5. The van der Waals surface area contributed by atoms with Crippen LogP contribution in [-0.2, 0) is 11.2 Å². The van der Waals surface area contributed by atoms with E-state index in [4.69, 9.17) is 9.47 Å². The van der Waals surface area contributed by atoms with E-state index in [9.17, 15) is 4.79 Å². The topological polar surface area (TPSA) is 64.2 Å². The lowest BCUT2D eigenvalue weighted by Crippen LogP contribution is -2.16. The van der Waals surface area contributed by atoms with Crippen molar-refractivity contribution < 1.29 is 9.47 Å². The van der Waals surface area contributed by atoms with Crippen molar-refractivity contribution >= 4 is 22.2 Å². The number of rotatable bonds is 7. The fraction of sp³-hybridized carbons (Fsp3) is 0.400. The number of methoxy groups -OCH3 is 1. The van der Waals surface area contributed by atoms with Crippen molar-refractivity contribution in [3.05, 3.63) is 44.9 Å². The Hall–Kier alpha value is -2.18. The highest BCUT2D eigenvalue weighted by molar-refractivity contribution is 7.09. The molecule has 26 heavy (non-hydrogen) atoms. The number of hydrogen-bond donors (Lipinski definition) is 1. The summed E-state index contributed by atoms with van der Waals surface area (Å²) in [5.74, 6) is 1.26. The molecule has 1 aromatic carbocycles. The lowest BCUT2D eigenvalue weighted by Gasteiger charge is -2.12. The van der Waals surface area contributed by atoms with Gasteiger partial charge in [-0.3, -0.25) is 4.79 Å². The molecule has 2 heterocycles. The number of benzene rings is 1. The summed E-state index contributed by atoms with van der Waals surface area (Å²) >= 11 is 1.63. The number of fused-ring (bicyclic) bond motifs is 1. The average Bonchev–Trinajstić information content (AvgIpc) is 3.07. The molecule has 3 aromatic rings. The largest absolute Gasteiger partial charge is 0.491 e. The zero-order chi connectivity index (χ0) is 18.7. The molecule has 5 nitrogen and oxygen atoms in total. The van der Waals surface area contributed by atoms with Crippen LogP contribution in [0.25, 0.3) is 22.3 Å². The summed E-state index contributed by atoms with van der Waals surface area (Å²) < 4.78 is 10.9. The van der Waals surface area contributed by atoms with Crippen molar-refractivity contribution in [2.45, 2.75) is 33.3 Å². The summed E-state index contributed by atoms with van der Waals surface area (Å²) in [5, 5.41) is 3.72. The van der Waals surface area contributed by atoms with Crippen LogP contribution in [0.5, 0.6) is 5.75 Å². The fourth-order valence-electron chi connectivity index (χ4n) is 2.62. The highest BCUT2D eigenvalue weighted by Gasteiger charge is 2.10. The van der Waals surface area contributed by atoms with Crippen LogP contribution in [0.15, 0.2) is 34.4 Å². The zero-order valence-electron chi connectivity index (χ0n) is 15.5. The van der Waals surface area contributed by atoms with Gasteiger partial charge in [-0.15, -0.1) is 11.3 Å². The van der Waals surface area contributed by atoms with Crippen LogP contribution in [-0.4, -0.2) is 29.8 Å². The third kappa shape index (κ3) is 4.31. The van der Waals surface area contributed by atoms with E-state index < -0.39 is 0 Å². The Bertz CT molecular complexity index is 946. The van der Waals surface area contributed by atoms with Gasteiger partial charge in [-0.1, -0.05) is 13.8 Å². The van der Waals surface area contributed by atoms with Gasteiger partial charge in [0.05, 0.1) is 28.0 Å². The van der Waals surface area contributed by atoms with Gasteiger partial charge in [-0.05, 0) is 25.0 Å². The highest BCUT2D eigenvalue weighted by Crippen LogP contribution is 2.24. The van der Waals surface area contributed by atoms with E-state index in [2.05, 4.69) is 23.8 Å². The minimum Gasteiger partial charge on any atom is -0.491 e. The Balaban J connectivity index is 1.92. The molecular weight excluding hydrogens is 348 g/mol. The van der Waals surface area contributed by atoms with Crippen molar-refractivity contribution in [3.63, 3.8) is 0 Å². The number of nitrogens with one attached hydrogen (secondary N) is 1. The van der Waals surface area contributed by atoms with Gasteiger partial charge in [0.1, 0.15) is 12.4 Å². The van der Waals surface area contributed by atoms with Gasteiger partial charge in [0.15, 0.2) is 5.43 Å². The first-order chi connectivity index (χ1) is 12.5. The molecule has 0 saturated carbocycles. The highest BCUT2D eigenvalue weighted by atomic mass is 32.1. The smallest absolute Gasteiger partial charge is 0.190 e. The second-order valence-electron chi connectivity index (χ2n) is 6.84. The molecular formula is C20H24N2O3S. The van der Waals surface area contributed by atoms with Gasteiger partial charge in [0.25, 0.3) is 0 Å². The maximum Gasteiger partial charge on any atom is 0.190 e. The molecule has 0 saturated heterocycles. The molecule has 6 heteroatoms. The molecule has 0 aliphatic rings. The van der Waals surface area contributed by atoms with Gasteiger partial charge >= 0.3 is 0 Å². The van der Waals surface area contributed by atoms with Crippen molar-refractivity contribution in [1.82, 2.24) is 9.97 Å². The van der Waals surface area contributed by atoms with Crippen molar-refractivity contribution in [1.29, 1.82) is 0 Å². The van der Waals surface area contributed by atoms with E-state index in [1.165, 1.54) is 0 Å². The van der Waals surface area contributed by atoms with Gasteiger partial charge < -0.3 is 14.5 Å². The first-order valence-corrected chi connectivity index (χ1v) is 9.61. The lowest BCUT2D eigenvalue weighted by atomic mass is 10.1. The average molecular weight is 372 g/mol. The number of aromatic nitrogens is 2. The molecule has 3 rings (SSSR count). The number of ether oxygens (including phenoxy) is 2. The van der Waals surface area contributed by atoms with Crippen LogP contribution >= 0.6 is 11.3 Å². The summed E-state index contributed by atoms with van der Waals surface area (Å²) in [4.78, 5) is 20.5. The molecule has 1 atom stereocenters. The van der Waals surface area contributed by atoms with Gasteiger partial charge in [0.2, 0.25) is 0 Å². The molecule has 138 valence electrons. The maximum absolute atomic E-state index is 12.5. The van der Waals surface area contributed by atoms with E-state index in [0.29, 0.717) is 23.7 Å².